The summed E-state index contributed by atoms with van der Waals surface area (Å²) in [6, 6.07) is 15.0. The normalized spacial score (nSPS) is 18.6. The Hall–Kier alpha value is -5.72. The Morgan fingerprint density at radius 3 is 2.47 bits per heavy atom. The van der Waals surface area contributed by atoms with Crippen molar-refractivity contribution in [2.75, 3.05) is 58.4 Å². The number of aryl methyl sites for hydroxylation is 1. The zero-order chi connectivity index (χ0) is 35.1. The van der Waals surface area contributed by atoms with Crippen LogP contribution in [0.25, 0.3) is 27.6 Å². The Morgan fingerprint density at radius 1 is 0.922 bits per heavy atom. The highest BCUT2D eigenvalue weighted by atomic mass is 19.1. The number of amides is 2. The number of pyridine rings is 1. The number of aromatic amines is 1. The van der Waals surface area contributed by atoms with Gasteiger partial charge in [0.2, 0.25) is 5.91 Å². The van der Waals surface area contributed by atoms with E-state index in [1.54, 1.807) is 48.5 Å². The van der Waals surface area contributed by atoms with E-state index in [9.17, 15) is 9.59 Å². The summed E-state index contributed by atoms with van der Waals surface area (Å²) < 4.78 is 29.6. The Bertz CT molecular complexity index is 2120. The largest absolute Gasteiger partial charge is 0.496 e. The number of nitrogens with zero attached hydrogens (tertiary/aromatic N) is 7. The zero-order valence-electron chi connectivity index (χ0n) is 28.6. The third-order valence-electron chi connectivity index (χ3n) is 10.4. The van der Waals surface area contributed by atoms with Crippen molar-refractivity contribution in [3.05, 3.63) is 90.3 Å². The van der Waals surface area contributed by atoms with Gasteiger partial charge < -0.3 is 29.2 Å². The van der Waals surface area contributed by atoms with Crippen LogP contribution in [0.15, 0.2) is 73.2 Å². The van der Waals surface area contributed by atoms with E-state index in [0.717, 1.165) is 41.4 Å². The van der Waals surface area contributed by atoms with Crippen molar-refractivity contribution in [1.29, 1.82) is 0 Å². The van der Waals surface area contributed by atoms with Crippen LogP contribution in [0.5, 0.6) is 11.5 Å². The first-order valence-corrected chi connectivity index (χ1v) is 17.2. The van der Waals surface area contributed by atoms with Gasteiger partial charge in [-0.2, -0.15) is 0 Å². The summed E-state index contributed by atoms with van der Waals surface area (Å²) in [6.45, 7) is 4.00. The smallest absolute Gasteiger partial charge is 0.270 e. The van der Waals surface area contributed by atoms with E-state index in [-0.39, 0.29) is 42.1 Å². The van der Waals surface area contributed by atoms with Gasteiger partial charge in [0.15, 0.2) is 17.4 Å². The monoisotopic (exact) mass is 690 g/mol. The summed E-state index contributed by atoms with van der Waals surface area (Å²) in [5, 5.41) is 8.35. The topological polar surface area (TPSA) is 122 Å². The van der Waals surface area contributed by atoms with E-state index >= 15 is 4.39 Å². The first-order valence-electron chi connectivity index (χ1n) is 17.2. The highest BCUT2D eigenvalue weighted by molar-refractivity contribution is 6.05. The van der Waals surface area contributed by atoms with Gasteiger partial charge in [-0.25, -0.2) is 9.37 Å². The van der Waals surface area contributed by atoms with Crippen LogP contribution in [-0.2, 0) is 11.3 Å². The van der Waals surface area contributed by atoms with Crippen LogP contribution in [0.2, 0.25) is 0 Å². The molecule has 1 N–H and O–H groups in total. The molecule has 0 bridgehead atoms. The summed E-state index contributed by atoms with van der Waals surface area (Å²) in [5.74, 6) is 2.13. The maximum atomic E-state index is 16.7. The number of rotatable bonds is 9. The maximum Gasteiger partial charge on any atom is 0.270 e. The molecule has 3 aliphatic heterocycles. The van der Waals surface area contributed by atoms with E-state index in [1.165, 1.54) is 0 Å². The number of likely N-dealkylation sites (tertiary alicyclic amines) is 1. The lowest BCUT2D eigenvalue weighted by Gasteiger charge is -2.28. The second-order valence-electron chi connectivity index (χ2n) is 13.4. The van der Waals surface area contributed by atoms with E-state index in [4.69, 9.17) is 9.47 Å². The average Bonchev–Trinajstić information content (AvgIpc) is 3.99. The van der Waals surface area contributed by atoms with Gasteiger partial charge in [-0.3, -0.25) is 14.3 Å². The van der Waals surface area contributed by atoms with Crippen molar-refractivity contribution in [2.24, 2.45) is 11.8 Å². The molecule has 5 aromatic rings. The van der Waals surface area contributed by atoms with Gasteiger partial charge in [0, 0.05) is 86.4 Å². The number of benzene rings is 2. The van der Waals surface area contributed by atoms with Crippen molar-refractivity contribution in [1.82, 2.24) is 34.8 Å². The Morgan fingerprint density at radius 2 is 1.71 bits per heavy atom. The van der Waals surface area contributed by atoms with Crippen molar-refractivity contribution in [3.8, 4) is 22.6 Å². The fraction of sp³-hybridized carbons (Fsp3) is 0.342. The molecule has 0 radical (unpaired) electrons. The number of halogens is 1. The molecule has 262 valence electrons. The molecule has 0 saturated carbocycles. The average molecular weight is 691 g/mol. The Labute approximate surface area is 294 Å². The first kappa shape index (κ1) is 32.5. The Kier molecular flexibility index (Phi) is 8.62. The fourth-order valence-electron chi connectivity index (χ4n) is 7.85. The minimum atomic E-state index is -0.455. The number of H-pyrrole nitrogens is 1. The molecule has 2 amide bonds. The number of aromatic nitrogens is 5. The van der Waals surface area contributed by atoms with E-state index < -0.39 is 5.82 Å². The predicted octanol–water partition coefficient (Wildman–Crippen LogP) is 4.89. The molecule has 2 atom stereocenters. The standard InChI is InChI=1S/C38H39FN8O4/c1-50-32-9-4-3-8-27(32)29-17-28(24-7-6-14-44(19-24)34(48)11-15-47-16-13-41-43-47)35(39)36-30(29)18-31(42-36)38(49)46-22-25-20-45(21-26(25)23-46)37-33(51-2)10-5-12-40-37/h3-5,7-10,12-13,16-18,25-26,42H,6,11,14-15,19-23H2,1-2H3/t25-,26+. The SMILES string of the molecule is COc1ccccc1-c1cc(C2=CCCN(C(=O)CCn3ccnn3)C2)c(F)c2[nH]c(C(=O)N3C[C@@H]4CN(c5ncccc5OC)C[C@@H]4C3)cc12. The molecule has 12 nitrogen and oxygen atoms in total. The van der Waals surface area contributed by atoms with Gasteiger partial charge in [0.05, 0.1) is 32.5 Å². The summed E-state index contributed by atoms with van der Waals surface area (Å²) in [4.78, 5) is 40.9. The molecule has 0 aliphatic carbocycles. The molecule has 8 rings (SSSR count). The number of ether oxygens (including phenoxy) is 2. The highest BCUT2D eigenvalue weighted by Gasteiger charge is 2.43. The van der Waals surface area contributed by atoms with Crippen molar-refractivity contribution >= 4 is 34.1 Å². The van der Waals surface area contributed by atoms with E-state index in [2.05, 4.69) is 25.2 Å². The van der Waals surface area contributed by atoms with Crippen LogP contribution in [0.1, 0.15) is 28.9 Å². The molecule has 2 aromatic carbocycles. The van der Waals surface area contributed by atoms with Crippen LogP contribution in [0.4, 0.5) is 10.2 Å². The molecule has 51 heavy (non-hydrogen) atoms. The molecule has 0 unspecified atom stereocenters. The number of methoxy groups -OCH3 is 2. The van der Waals surface area contributed by atoms with Crippen molar-refractivity contribution in [3.63, 3.8) is 0 Å². The van der Waals surface area contributed by atoms with Crippen LogP contribution < -0.4 is 14.4 Å². The van der Waals surface area contributed by atoms with Gasteiger partial charge >= 0.3 is 0 Å². The molecular weight excluding hydrogens is 651 g/mol. The molecule has 6 heterocycles. The second-order valence-corrected chi connectivity index (χ2v) is 13.4. The number of fused-ring (bicyclic) bond motifs is 2. The lowest BCUT2D eigenvalue weighted by atomic mass is 9.93. The minimum absolute atomic E-state index is 0.0343. The van der Waals surface area contributed by atoms with Crippen LogP contribution in [0, 0.1) is 17.7 Å². The van der Waals surface area contributed by atoms with E-state index in [1.807, 2.05) is 53.4 Å². The second kappa shape index (κ2) is 13.5. The Balaban J connectivity index is 1.08. The number of para-hydroxylation sites is 1. The predicted molar refractivity (Wildman–Crippen MR) is 190 cm³/mol. The number of carbonyl (C=O) groups is 2. The molecular formula is C38H39FN8O4. The first-order chi connectivity index (χ1) is 24.9. The highest BCUT2D eigenvalue weighted by Crippen LogP contribution is 2.41. The fourth-order valence-corrected chi connectivity index (χ4v) is 7.85. The van der Waals surface area contributed by atoms with Gasteiger partial charge in [0.1, 0.15) is 11.4 Å². The lowest BCUT2D eigenvalue weighted by molar-refractivity contribution is -0.131. The maximum absolute atomic E-state index is 16.7. The number of anilines is 1. The van der Waals surface area contributed by atoms with Crippen molar-refractivity contribution in [2.45, 2.75) is 19.4 Å². The molecule has 3 aliphatic rings. The third-order valence-corrected chi connectivity index (χ3v) is 10.4. The third kappa shape index (κ3) is 6.06. The lowest BCUT2D eigenvalue weighted by Crippen LogP contribution is -2.36. The number of hydrogen-bond donors (Lipinski definition) is 1. The van der Waals surface area contributed by atoms with Crippen LogP contribution in [0.3, 0.4) is 0 Å². The van der Waals surface area contributed by atoms with Crippen LogP contribution in [-0.4, -0.2) is 100 Å². The van der Waals surface area contributed by atoms with Gasteiger partial charge in [-0.05, 0) is 47.9 Å². The van der Waals surface area contributed by atoms with Gasteiger partial charge in [0.25, 0.3) is 5.91 Å². The quantitative estimate of drug-likeness (QED) is 0.232. The minimum Gasteiger partial charge on any atom is -0.496 e. The molecule has 13 heteroatoms. The zero-order valence-corrected chi connectivity index (χ0v) is 28.6. The summed E-state index contributed by atoms with van der Waals surface area (Å²) >= 11 is 0. The van der Waals surface area contributed by atoms with Gasteiger partial charge in [-0.15, -0.1) is 5.10 Å². The van der Waals surface area contributed by atoms with E-state index in [0.29, 0.717) is 55.0 Å². The number of carbonyl (C=O) groups excluding carboxylic acids is 2. The summed E-state index contributed by atoms with van der Waals surface area (Å²) in [5.41, 5.74) is 3.21. The molecule has 3 aromatic heterocycles. The summed E-state index contributed by atoms with van der Waals surface area (Å²) in [6.07, 6.45) is 7.93. The van der Waals surface area contributed by atoms with Crippen molar-refractivity contribution < 1.29 is 23.5 Å². The summed E-state index contributed by atoms with van der Waals surface area (Å²) in [7, 11) is 3.25. The molecule has 2 fully saturated rings. The van der Waals surface area contributed by atoms with Crippen LogP contribution >= 0.6 is 0 Å². The number of nitrogens with one attached hydrogen (secondary N) is 1. The number of hydrogen-bond acceptors (Lipinski definition) is 8. The molecule has 0 spiro atoms. The van der Waals surface area contributed by atoms with Gasteiger partial charge in [-0.1, -0.05) is 29.5 Å². The molecule has 2 saturated heterocycles.